The summed E-state index contributed by atoms with van der Waals surface area (Å²) in [6.07, 6.45) is 2.70. The van der Waals surface area contributed by atoms with Crippen molar-refractivity contribution in [3.8, 4) is 11.5 Å². The highest BCUT2D eigenvalue weighted by Crippen LogP contribution is 2.42. The van der Waals surface area contributed by atoms with Crippen LogP contribution < -0.4 is 4.74 Å². The summed E-state index contributed by atoms with van der Waals surface area (Å²) in [7, 11) is 0. The molecule has 2 aromatic carbocycles. The molecule has 29 heavy (non-hydrogen) atoms. The number of allylic oxidation sites excluding steroid dienone is 1. The maximum absolute atomic E-state index is 12.4. The number of halogens is 2. The van der Waals surface area contributed by atoms with Crippen molar-refractivity contribution in [2.24, 2.45) is 0 Å². The van der Waals surface area contributed by atoms with Crippen molar-refractivity contribution in [1.29, 1.82) is 0 Å². The minimum atomic E-state index is -0.254. The number of alkyl halides is 1. The third kappa shape index (κ3) is 4.98. The Kier molecular flexibility index (Phi) is 6.83. The molecule has 1 saturated heterocycles. The topological polar surface area (TPSA) is 32.7 Å². The lowest BCUT2D eigenvalue weighted by Gasteiger charge is -2.17. The predicted octanol–water partition coefficient (Wildman–Crippen LogP) is 5.86. The third-order valence-electron chi connectivity index (χ3n) is 5.37. The number of phenolic OH excluding ortho intramolecular Hbond substituents is 1. The van der Waals surface area contributed by atoms with Gasteiger partial charge >= 0.3 is 0 Å². The smallest absolute Gasteiger partial charge is 0.119 e. The van der Waals surface area contributed by atoms with Gasteiger partial charge in [-0.15, -0.1) is 11.8 Å². The average molecular weight is 478 g/mol. The second-order valence-corrected chi connectivity index (χ2v) is 9.55. The van der Waals surface area contributed by atoms with Crippen LogP contribution in [-0.4, -0.2) is 48.2 Å². The second-order valence-electron chi connectivity index (χ2n) is 7.45. The number of likely N-dealkylation sites (tertiary alicyclic amines) is 1. The zero-order valence-corrected chi connectivity index (χ0v) is 18.6. The Balaban J connectivity index is 1.50. The van der Waals surface area contributed by atoms with Gasteiger partial charge in [-0.1, -0.05) is 28.1 Å². The van der Waals surface area contributed by atoms with Crippen LogP contribution in [0.4, 0.5) is 4.39 Å². The summed E-state index contributed by atoms with van der Waals surface area (Å²) in [5, 5.41) is 9.86. The Hall–Kier alpha value is -1.50. The predicted molar refractivity (Wildman–Crippen MR) is 121 cm³/mol. The lowest BCUT2D eigenvalue weighted by Crippen LogP contribution is -2.26. The van der Waals surface area contributed by atoms with E-state index in [1.807, 2.05) is 24.3 Å². The first-order chi connectivity index (χ1) is 14.1. The molecule has 1 fully saturated rings. The van der Waals surface area contributed by atoms with Gasteiger partial charge in [0, 0.05) is 40.3 Å². The Morgan fingerprint density at radius 1 is 1.21 bits per heavy atom. The Bertz CT molecular complexity index is 887. The molecule has 0 bridgehead atoms. The van der Waals surface area contributed by atoms with E-state index in [2.05, 4.69) is 33.0 Å². The van der Waals surface area contributed by atoms with Gasteiger partial charge in [-0.3, -0.25) is 9.29 Å². The SMILES string of the molecule is Oc1ccc2c(c1)SCCC(Br)=C2c1ccc(O[C@H]2CCN(CCCF)C2)cc1. The van der Waals surface area contributed by atoms with E-state index >= 15 is 0 Å². The summed E-state index contributed by atoms with van der Waals surface area (Å²) in [5.74, 6) is 2.15. The van der Waals surface area contributed by atoms with Crippen LogP contribution >= 0.6 is 27.7 Å². The first-order valence-corrected chi connectivity index (χ1v) is 11.8. The molecule has 6 heteroatoms. The standard InChI is InChI=1S/C23H25BrFNO2S/c24-21-9-13-29-22-14-17(27)4-7-20(22)23(21)16-2-5-18(6-3-16)28-19-8-12-26(15-19)11-1-10-25/h2-7,14,19,27H,1,8-13,15H2/t19-/m0/s1. The maximum atomic E-state index is 12.4. The van der Waals surface area contributed by atoms with Gasteiger partial charge in [-0.25, -0.2) is 0 Å². The molecule has 2 heterocycles. The van der Waals surface area contributed by atoms with Crippen LogP contribution in [0.1, 0.15) is 30.4 Å². The molecule has 2 aliphatic rings. The van der Waals surface area contributed by atoms with Crippen LogP contribution in [0.3, 0.4) is 0 Å². The van der Waals surface area contributed by atoms with Crippen molar-refractivity contribution in [3.05, 3.63) is 58.1 Å². The molecule has 0 unspecified atom stereocenters. The molecule has 1 atom stereocenters. The number of thioether (sulfide) groups is 1. The average Bonchev–Trinajstić information content (AvgIpc) is 3.09. The molecule has 0 amide bonds. The fourth-order valence-corrected chi connectivity index (χ4v) is 5.90. The number of ether oxygens (including phenoxy) is 1. The van der Waals surface area contributed by atoms with E-state index in [1.54, 1.807) is 17.8 Å². The van der Waals surface area contributed by atoms with Gasteiger partial charge in [-0.2, -0.15) is 0 Å². The molecular weight excluding hydrogens is 453 g/mol. The van der Waals surface area contributed by atoms with E-state index in [0.29, 0.717) is 12.2 Å². The van der Waals surface area contributed by atoms with E-state index in [9.17, 15) is 9.50 Å². The number of rotatable bonds is 6. The molecule has 0 saturated carbocycles. The fraction of sp³-hybridized carbons (Fsp3) is 0.391. The second kappa shape index (κ2) is 9.54. The fourth-order valence-electron chi connectivity index (χ4n) is 3.94. The van der Waals surface area contributed by atoms with Crippen molar-refractivity contribution in [2.75, 3.05) is 32.1 Å². The highest BCUT2D eigenvalue weighted by Gasteiger charge is 2.24. The van der Waals surface area contributed by atoms with Crippen molar-refractivity contribution in [1.82, 2.24) is 4.90 Å². The zero-order valence-electron chi connectivity index (χ0n) is 16.2. The van der Waals surface area contributed by atoms with Gasteiger partial charge in [-0.05, 0) is 60.7 Å². The molecule has 154 valence electrons. The van der Waals surface area contributed by atoms with E-state index in [1.165, 1.54) is 10.1 Å². The molecule has 2 aliphatic heterocycles. The van der Waals surface area contributed by atoms with Crippen molar-refractivity contribution < 1.29 is 14.2 Å². The molecule has 3 nitrogen and oxygen atoms in total. The third-order valence-corrected chi connectivity index (χ3v) is 7.22. The van der Waals surface area contributed by atoms with Crippen molar-refractivity contribution in [3.63, 3.8) is 0 Å². The van der Waals surface area contributed by atoms with Gasteiger partial charge < -0.3 is 9.84 Å². The molecule has 0 aliphatic carbocycles. The van der Waals surface area contributed by atoms with Gasteiger partial charge in [0.1, 0.15) is 17.6 Å². The number of benzene rings is 2. The lowest BCUT2D eigenvalue weighted by molar-refractivity contribution is 0.198. The van der Waals surface area contributed by atoms with Gasteiger partial charge in [0.15, 0.2) is 0 Å². The number of hydrogen-bond donors (Lipinski definition) is 1. The Morgan fingerprint density at radius 3 is 2.83 bits per heavy atom. The largest absolute Gasteiger partial charge is 0.508 e. The van der Waals surface area contributed by atoms with Gasteiger partial charge in [0.2, 0.25) is 0 Å². The van der Waals surface area contributed by atoms with E-state index < -0.39 is 0 Å². The van der Waals surface area contributed by atoms with Crippen molar-refractivity contribution in [2.45, 2.75) is 30.3 Å². The maximum Gasteiger partial charge on any atom is 0.119 e. The number of phenols is 1. The normalized spacial score (nSPS) is 19.9. The van der Waals surface area contributed by atoms with Crippen LogP contribution in [0.25, 0.3) is 5.57 Å². The first kappa shape index (κ1) is 20.8. The molecule has 4 rings (SSSR count). The molecule has 0 radical (unpaired) electrons. The minimum Gasteiger partial charge on any atom is -0.508 e. The van der Waals surface area contributed by atoms with Crippen LogP contribution in [0.2, 0.25) is 0 Å². The Morgan fingerprint density at radius 2 is 2.03 bits per heavy atom. The van der Waals surface area contributed by atoms with E-state index in [4.69, 9.17) is 4.74 Å². The molecule has 1 N–H and O–H groups in total. The van der Waals surface area contributed by atoms with Gasteiger partial charge in [0.25, 0.3) is 0 Å². The molecular formula is C23H25BrFNO2S. The monoisotopic (exact) mass is 477 g/mol. The van der Waals surface area contributed by atoms with Crippen molar-refractivity contribution >= 4 is 33.3 Å². The summed E-state index contributed by atoms with van der Waals surface area (Å²) < 4.78 is 19.7. The first-order valence-electron chi connectivity index (χ1n) is 10.0. The number of fused-ring (bicyclic) bond motifs is 1. The summed E-state index contributed by atoms with van der Waals surface area (Å²) in [5.41, 5.74) is 3.45. The zero-order chi connectivity index (χ0) is 20.2. The highest BCUT2D eigenvalue weighted by molar-refractivity contribution is 9.11. The number of nitrogens with zero attached hydrogens (tertiary/aromatic N) is 1. The number of aromatic hydroxyl groups is 1. The summed E-state index contributed by atoms with van der Waals surface area (Å²) in [6, 6.07) is 13.9. The quantitative estimate of drug-likeness (QED) is 0.564. The van der Waals surface area contributed by atoms with Crippen LogP contribution in [0.15, 0.2) is 51.8 Å². The summed E-state index contributed by atoms with van der Waals surface area (Å²) >= 11 is 5.56. The van der Waals surface area contributed by atoms with Crippen LogP contribution in [-0.2, 0) is 0 Å². The molecule has 0 aromatic heterocycles. The van der Waals surface area contributed by atoms with E-state index in [-0.39, 0.29) is 12.8 Å². The van der Waals surface area contributed by atoms with Gasteiger partial charge in [0.05, 0.1) is 6.67 Å². The summed E-state index contributed by atoms with van der Waals surface area (Å²) in [4.78, 5) is 3.38. The highest BCUT2D eigenvalue weighted by atomic mass is 79.9. The van der Waals surface area contributed by atoms with Crippen LogP contribution in [0, 0.1) is 0 Å². The lowest BCUT2D eigenvalue weighted by atomic mass is 9.96. The number of hydrogen-bond acceptors (Lipinski definition) is 4. The molecule has 0 spiro atoms. The minimum absolute atomic E-state index is 0.171. The summed E-state index contributed by atoms with van der Waals surface area (Å²) in [6.45, 7) is 2.40. The van der Waals surface area contributed by atoms with E-state index in [0.717, 1.165) is 60.0 Å². The molecule has 2 aromatic rings. The Labute approximate surface area is 184 Å². The van der Waals surface area contributed by atoms with Crippen LogP contribution in [0.5, 0.6) is 11.5 Å².